The molecule has 0 radical (unpaired) electrons. The van der Waals surface area contributed by atoms with Crippen molar-refractivity contribution in [1.82, 2.24) is 9.13 Å². The molecule has 3 rings (SSSR count). The molecule has 0 amide bonds. The highest BCUT2D eigenvalue weighted by Crippen LogP contribution is 2.16. The molecular weight excluding hydrogens is 357 g/mol. The Bertz CT molecular complexity index is 869. The number of aromatic nitrogens is 2. The lowest BCUT2D eigenvalue weighted by molar-refractivity contribution is 0.301. The second-order valence-corrected chi connectivity index (χ2v) is 6.21. The van der Waals surface area contributed by atoms with Crippen LogP contribution >= 0.6 is 24.0 Å². The van der Waals surface area contributed by atoms with Gasteiger partial charge in [0.2, 0.25) is 5.62 Å². The number of benzene rings is 2. The first-order valence-corrected chi connectivity index (χ1v) is 8.69. The molecule has 1 N–H and O–H groups in total. The summed E-state index contributed by atoms with van der Waals surface area (Å²) in [7, 11) is 0. The second-order valence-electron chi connectivity index (χ2n) is 5.77. The molecule has 1 heterocycles. The number of aryl methyl sites for hydroxylation is 2. The maximum Gasteiger partial charge on any atom is 0.202 e. The van der Waals surface area contributed by atoms with E-state index in [2.05, 4.69) is 28.2 Å². The van der Waals surface area contributed by atoms with Gasteiger partial charge in [-0.3, -0.25) is 5.41 Å². The summed E-state index contributed by atoms with van der Waals surface area (Å²) in [4.78, 5) is 0. The van der Waals surface area contributed by atoms with Crippen LogP contribution in [0.1, 0.15) is 19.8 Å². The lowest BCUT2D eigenvalue weighted by atomic mass is 10.3. The Hall–Kier alpha value is -1.91. The first-order valence-electron chi connectivity index (χ1n) is 8.31. The molecule has 0 unspecified atom stereocenters. The first-order chi connectivity index (χ1) is 11.7. The van der Waals surface area contributed by atoms with Crippen LogP contribution in [-0.2, 0) is 13.1 Å². The number of para-hydroxylation sites is 2. The zero-order valence-corrected chi connectivity index (χ0v) is 15.8. The van der Waals surface area contributed by atoms with E-state index in [9.17, 15) is 0 Å². The van der Waals surface area contributed by atoms with E-state index in [-0.39, 0.29) is 12.4 Å². The predicted molar refractivity (Wildman–Crippen MR) is 105 cm³/mol. The smallest absolute Gasteiger partial charge is 0.202 e. The molecule has 0 aliphatic rings. The molecule has 4 nitrogen and oxygen atoms in total. The summed E-state index contributed by atoms with van der Waals surface area (Å²) in [5.41, 5.74) is 2.80. The van der Waals surface area contributed by atoms with Crippen LogP contribution < -0.4 is 10.4 Å². The SMILES string of the molecule is CCCn1c(=N)n(CCCOc2ccc(Cl)cc2)c2ccccc21.Cl. The Morgan fingerprint density at radius 2 is 1.56 bits per heavy atom. The third-order valence-corrected chi connectivity index (χ3v) is 4.28. The van der Waals surface area contributed by atoms with Gasteiger partial charge >= 0.3 is 0 Å². The number of ether oxygens (including phenoxy) is 1. The van der Waals surface area contributed by atoms with Crippen molar-refractivity contribution in [3.63, 3.8) is 0 Å². The lowest BCUT2D eigenvalue weighted by Gasteiger charge is -2.07. The van der Waals surface area contributed by atoms with Crippen LogP contribution in [0.4, 0.5) is 0 Å². The molecular formula is C19H23Cl2N3O. The first kappa shape index (κ1) is 19.4. The normalized spacial score (nSPS) is 10.6. The minimum Gasteiger partial charge on any atom is -0.494 e. The van der Waals surface area contributed by atoms with E-state index in [4.69, 9.17) is 21.7 Å². The fraction of sp³-hybridized carbons (Fsp3) is 0.316. The molecule has 25 heavy (non-hydrogen) atoms. The van der Waals surface area contributed by atoms with Crippen molar-refractivity contribution in [2.24, 2.45) is 0 Å². The van der Waals surface area contributed by atoms with Crippen LogP contribution in [0.5, 0.6) is 5.75 Å². The fourth-order valence-electron chi connectivity index (χ4n) is 2.91. The summed E-state index contributed by atoms with van der Waals surface area (Å²) in [6.07, 6.45) is 1.86. The summed E-state index contributed by atoms with van der Waals surface area (Å²) in [5.74, 6) is 0.823. The Morgan fingerprint density at radius 3 is 2.16 bits per heavy atom. The molecule has 0 atom stereocenters. The highest BCUT2D eigenvalue weighted by Gasteiger charge is 2.09. The van der Waals surface area contributed by atoms with E-state index in [1.54, 1.807) is 0 Å². The molecule has 1 aromatic heterocycles. The number of nitrogens with one attached hydrogen (secondary N) is 1. The van der Waals surface area contributed by atoms with Crippen LogP contribution in [-0.4, -0.2) is 15.7 Å². The third kappa shape index (κ3) is 4.39. The van der Waals surface area contributed by atoms with Crippen molar-refractivity contribution in [3.8, 4) is 5.75 Å². The molecule has 0 saturated heterocycles. The van der Waals surface area contributed by atoms with Crippen molar-refractivity contribution in [2.45, 2.75) is 32.9 Å². The molecule has 0 aliphatic heterocycles. The molecule has 3 aromatic rings. The van der Waals surface area contributed by atoms with Crippen molar-refractivity contribution in [1.29, 1.82) is 5.41 Å². The number of rotatable bonds is 7. The molecule has 0 bridgehead atoms. The molecule has 0 saturated carbocycles. The minimum atomic E-state index is 0. The second kappa shape index (κ2) is 8.97. The Labute approximate surface area is 158 Å². The molecule has 6 heteroatoms. The largest absolute Gasteiger partial charge is 0.494 e. The number of nitrogens with zero attached hydrogens (tertiary/aromatic N) is 2. The molecule has 134 valence electrons. The number of imidazole rings is 1. The predicted octanol–water partition coefficient (Wildman–Crippen LogP) is 4.88. The zero-order valence-electron chi connectivity index (χ0n) is 14.2. The highest BCUT2D eigenvalue weighted by molar-refractivity contribution is 6.30. The Morgan fingerprint density at radius 1 is 0.960 bits per heavy atom. The lowest BCUT2D eigenvalue weighted by Crippen LogP contribution is -2.25. The van der Waals surface area contributed by atoms with E-state index in [0.29, 0.717) is 17.2 Å². The average Bonchev–Trinajstić information content (AvgIpc) is 2.86. The summed E-state index contributed by atoms with van der Waals surface area (Å²) in [6.45, 7) is 4.39. The van der Waals surface area contributed by atoms with E-state index < -0.39 is 0 Å². The van der Waals surface area contributed by atoms with Gasteiger partial charge in [-0.1, -0.05) is 30.7 Å². The molecule has 2 aromatic carbocycles. The summed E-state index contributed by atoms with van der Waals surface area (Å²) < 4.78 is 9.89. The van der Waals surface area contributed by atoms with E-state index in [1.807, 2.05) is 36.4 Å². The van der Waals surface area contributed by atoms with Gasteiger partial charge in [-0.2, -0.15) is 0 Å². The van der Waals surface area contributed by atoms with Gasteiger partial charge < -0.3 is 13.9 Å². The van der Waals surface area contributed by atoms with Crippen molar-refractivity contribution in [2.75, 3.05) is 6.61 Å². The topological polar surface area (TPSA) is 42.9 Å². The van der Waals surface area contributed by atoms with E-state index in [0.717, 1.165) is 42.7 Å². The molecule has 0 aliphatic carbocycles. The van der Waals surface area contributed by atoms with Crippen LogP contribution in [0.2, 0.25) is 5.02 Å². The zero-order chi connectivity index (χ0) is 16.9. The van der Waals surface area contributed by atoms with E-state index >= 15 is 0 Å². The van der Waals surface area contributed by atoms with Gasteiger partial charge in [0.15, 0.2) is 0 Å². The maximum atomic E-state index is 8.47. The summed E-state index contributed by atoms with van der Waals surface area (Å²) >= 11 is 5.87. The number of halogens is 2. The van der Waals surface area contributed by atoms with Crippen LogP contribution in [0.25, 0.3) is 11.0 Å². The number of hydrogen-bond donors (Lipinski definition) is 1. The van der Waals surface area contributed by atoms with Gasteiger partial charge in [-0.05, 0) is 49.2 Å². The van der Waals surface area contributed by atoms with Gasteiger partial charge in [0.25, 0.3) is 0 Å². The maximum absolute atomic E-state index is 8.47. The van der Waals surface area contributed by atoms with Crippen LogP contribution in [0.15, 0.2) is 48.5 Å². The monoisotopic (exact) mass is 379 g/mol. The average molecular weight is 380 g/mol. The van der Waals surface area contributed by atoms with Crippen molar-refractivity contribution in [3.05, 3.63) is 59.2 Å². The van der Waals surface area contributed by atoms with Gasteiger partial charge in [-0.25, -0.2) is 0 Å². The third-order valence-electron chi connectivity index (χ3n) is 4.03. The van der Waals surface area contributed by atoms with Crippen LogP contribution in [0, 0.1) is 5.41 Å². The number of hydrogen-bond acceptors (Lipinski definition) is 2. The van der Waals surface area contributed by atoms with Gasteiger partial charge in [-0.15, -0.1) is 12.4 Å². The summed E-state index contributed by atoms with van der Waals surface area (Å²) in [6, 6.07) is 15.6. The quantitative estimate of drug-likeness (QED) is 0.584. The van der Waals surface area contributed by atoms with Gasteiger partial charge in [0, 0.05) is 18.1 Å². The van der Waals surface area contributed by atoms with Gasteiger partial charge in [0.05, 0.1) is 17.6 Å². The highest BCUT2D eigenvalue weighted by atomic mass is 35.5. The standard InChI is InChI=1S/C19H22ClN3O.ClH/c1-2-12-22-17-6-3-4-7-18(17)23(19(22)21)13-5-14-24-16-10-8-15(20)9-11-16;/h3-4,6-11,21H,2,5,12-14H2,1H3;1H. The molecule has 0 spiro atoms. The Kier molecular flexibility index (Phi) is 6.97. The van der Waals surface area contributed by atoms with Crippen LogP contribution in [0.3, 0.4) is 0 Å². The molecule has 0 fully saturated rings. The summed E-state index contributed by atoms with van der Waals surface area (Å²) in [5, 5.41) is 9.18. The van der Waals surface area contributed by atoms with Gasteiger partial charge in [0.1, 0.15) is 5.75 Å². The van der Waals surface area contributed by atoms with Crippen molar-refractivity contribution < 1.29 is 4.74 Å². The number of fused-ring (bicyclic) bond motifs is 1. The fourth-order valence-corrected chi connectivity index (χ4v) is 3.04. The van der Waals surface area contributed by atoms with Crippen molar-refractivity contribution >= 4 is 35.0 Å². The van der Waals surface area contributed by atoms with E-state index in [1.165, 1.54) is 0 Å². The minimum absolute atomic E-state index is 0. The Balaban J connectivity index is 0.00000225.